The van der Waals surface area contributed by atoms with Crippen molar-refractivity contribution in [2.24, 2.45) is 5.14 Å². The van der Waals surface area contributed by atoms with Gasteiger partial charge in [0.25, 0.3) is 5.91 Å². The lowest BCUT2D eigenvalue weighted by atomic mass is 10.1. The quantitative estimate of drug-likeness (QED) is 0.866. The highest BCUT2D eigenvalue weighted by Gasteiger charge is 2.10. The van der Waals surface area contributed by atoms with Crippen molar-refractivity contribution in [1.29, 1.82) is 0 Å². The van der Waals surface area contributed by atoms with Crippen LogP contribution in [-0.2, 0) is 14.8 Å². The maximum atomic E-state index is 12.0. The molecule has 0 saturated carbocycles. The Morgan fingerprint density at radius 2 is 1.62 bits per heavy atom. The number of hydrogen-bond acceptors (Lipinski definition) is 4. The molecule has 2 aromatic rings. The molecule has 6 nitrogen and oxygen atoms in total. The van der Waals surface area contributed by atoms with Crippen molar-refractivity contribution in [3.05, 3.63) is 53.1 Å². The summed E-state index contributed by atoms with van der Waals surface area (Å²) in [5.41, 5.74) is 3.54. The SMILES string of the molecule is Cc1cc(C)c(OCC(=O)Nc2ccc(S(N)(=O)=O)cc2)c(C)c1. The molecule has 0 radical (unpaired) electrons. The molecular weight excluding hydrogens is 328 g/mol. The van der Waals surface area contributed by atoms with Crippen molar-refractivity contribution in [2.45, 2.75) is 25.7 Å². The third-order valence-corrected chi connectivity index (χ3v) is 4.35. The highest BCUT2D eigenvalue weighted by Crippen LogP contribution is 2.24. The number of nitrogens with one attached hydrogen (secondary N) is 1. The molecule has 2 rings (SSSR count). The predicted octanol–water partition coefficient (Wildman–Crippen LogP) is 2.28. The van der Waals surface area contributed by atoms with Crippen molar-refractivity contribution in [3.63, 3.8) is 0 Å². The third-order valence-electron chi connectivity index (χ3n) is 3.42. The monoisotopic (exact) mass is 348 g/mol. The van der Waals surface area contributed by atoms with E-state index in [0.29, 0.717) is 11.4 Å². The highest BCUT2D eigenvalue weighted by atomic mass is 32.2. The number of rotatable bonds is 5. The van der Waals surface area contributed by atoms with Crippen molar-refractivity contribution in [3.8, 4) is 5.75 Å². The molecule has 0 heterocycles. The lowest BCUT2D eigenvalue weighted by molar-refractivity contribution is -0.118. The zero-order valence-corrected chi connectivity index (χ0v) is 14.6. The number of benzene rings is 2. The van der Waals surface area contributed by atoms with Gasteiger partial charge < -0.3 is 10.1 Å². The largest absolute Gasteiger partial charge is 0.483 e. The molecule has 128 valence electrons. The molecule has 0 spiro atoms. The number of aryl methyl sites for hydroxylation is 3. The van der Waals surface area contributed by atoms with Gasteiger partial charge in [0, 0.05) is 5.69 Å². The fourth-order valence-electron chi connectivity index (χ4n) is 2.46. The zero-order chi connectivity index (χ0) is 17.9. The van der Waals surface area contributed by atoms with Crippen LogP contribution < -0.4 is 15.2 Å². The lowest BCUT2D eigenvalue weighted by Gasteiger charge is -2.13. The van der Waals surface area contributed by atoms with Crippen molar-refractivity contribution < 1.29 is 17.9 Å². The lowest BCUT2D eigenvalue weighted by Crippen LogP contribution is -2.21. The van der Waals surface area contributed by atoms with Crippen LogP contribution in [0.5, 0.6) is 5.75 Å². The number of carbonyl (C=O) groups excluding carboxylic acids is 1. The molecule has 0 aromatic heterocycles. The number of carbonyl (C=O) groups is 1. The normalized spacial score (nSPS) is 11.2. The first-order valence-corrected chi connectivity index (χ1v) is 8.85. The van der Waals surface area contributed by atoms with Gasteiger partial charge in [-0.1, -0.05) is 17.7 Å². The maximum absolute atomic E-state index is 12.0. The van der Waals surface area contributed by atoms with Crippen LogP contribution in [0.15, 0.2) is 41.3 Å². The van der Waals surface area contributed by atoms with E-state index in [1.54, 1.807) is 0 Å². The minimum Gasteiger partial charge on any atom is -0.483 e. The predicted molar refractivity (Wildman–Crippen MR) is 92.6 cm³/mol. The molecular formula is C17H20N2O4S. The molecule has 0 bridgehead atoms. The first-order chi connectivity index (χ1) is 11.2. The molecule has 0 unspecified atom stereocenters. The summed E-state index contributed by atoms with van der Waals surface area (Å²) in [5.74, 6) is 0.359. The molecule has 1 amide bonds. The minimum absolute atomic E-state index is 0.0114. The molecule has 24 heavy (non-hydrogen) atoms. The number of ether oxygens (including phenoxy) is 1. The number of primary sulfonamides is 1. The van der Waals surface area contributed by atoms with Gasteiger partial charge >= 0.3 is 0 Å². The Morgan fingerprint density at radius 3 is 2.12 bits per heavy atom. The Balaban J connectivity index is 1.99. The van der Waals surface area contributed by atoms with E-state index in [-0.39, 0.29) is 17.4 Å². The van der Waals surface area contributed by atoms with Gasteiger partial charge in [0.05, 0.1) is 4.90 Å². The van der Waals surface area contributed by atoms with Crippen molar-refractivity contribution >= 4 is 21.6 Å². The smallest absolute Gasteiger partial charge is 0.262 e. The summed E-state index contributed by atoms with van der Waals surface area (Å²) in [7, 11) is -3.74. The molecule has 0 fully saturated rings. The molecule has 0 aliphatic heterocycles. The summed E-state index contributed by atoms with van der Waals surface area (Å²) in [6, 6.07) is 9.60. The summed E-state index contributed by atoms with van der Waals surface area (Å²) < 4.78 is 28.0. The standard InChI is InChI=1S/C17H20N2O4S/c1-11-8-12(2)17(13(3)9-11)23-10-16(20)19-14-4-6-15(7-5-14)24(18,21)22/h4-9H,10H2,1-3H3,(H,19,20)(H2,18,21,22). The molecule has 7 heteroatoms. The van der Waals surface area contributed by atoms with E-state index in [2.05, 4.69) is 5.32 Å². The number of amides is 1. The molecule has 2 aromatic carbocycles. The van der Waals surface area contributed by atoms with Gasteiger partial charge in [-0.05, 0) is 56.2 Å². The summed E-state index contributed by atoms with van der Waals surface area (Å²) in [5, 5.41) is 7.67. The van der Waals surface area contributed by atoms with Gasteiger partial charge in [-0.2, -0.15) is 0 Å². The van der Waals surface area contributed by atoms with Gasteiger partial charge in [0.1, 0.15) is 5.75 Å². The van der Waals surface area contributed by atoms with E-state index >= 15 is 0 Å². The number of hydrogen-bond donors (Lipinski definition) is 2. The highest BCUT2D eigenvalue weighted by molar-refractivity contribution is 7.89. The molecule has 0 aliphatic carbocycles. The van der Waals surface area contributed by atoms with Crippen LogP contribution in [0.1, 0.15) is 16.7 Å². The van der Waals surface area contributed by atoms with Gasteiger partial charge in [-0.3, -0.25) is 4.79 Å². The van der Waals surface area contributed by atoms with Crippen molar-refractivity contribution in [1.82, 2.24) is 0 Å². The van der Waals surface area contributed by atoms with Crippen LogP contribution in [0.3, 0.4) is 0 Å². The molecule has 3 N–H and O–H groups in total. The molecule has 0 atom stereocenters. The number of nitrogens with two attached hydrogens (primary N) is 1. The summed E-state index contributed by atoms with van der Waals surface area (Å²) in [4.78, 5) is 12.0. The van der Waals surface area contributed by atoms with Gasteiger partial charge in [0.15, 0.2) is 6.61 Å². The second-order valence-electron chi connectivity index (χ2n) is 5.63. The van der Waals surface area contributed by atoms with E-state index in [4.69, 9.17) is 9.88 Å². The van der Waals surface area contributed by atoms with Crippen LogP contribution in [0.25, 0.3) is 0 Å². The Kier molecular flexibility index (Phi) is 5.26. The fraction of sp³-hybridized carbons (Fsp3) is 0.235. The topological polar surface area (TPSA) is 98.5 Å². The Morgan fingerprint density at radius 1 is 1.08 bits per heavy atom. The summed E-state index contributed by atoms with van der Waals surface area (Å²) >= 11 is 0. The van der Waals surface area contributed by atoms with Gasteiger partial charge in [-0.15, -0.1) is 0 Å². The molecule has 0 aliphatic rings. The number of anilines is 1. The van der Waals surface area contributed by atoms with E-state index in [1.165, 1.54) is 24.3 Å². The average molecular weight is 348 g/mol. The van der Waals surface area contributed by atoms with Crippen LogP contribution >= 0.6 is 0 Å². The van der Waals surface area contributed by atoms with Crippen LogP contribution in [0.4, 0.5) is 5.69 Å². The Bertz CT molecular complexity index is 836. The van der Waals surface area contributed by atoms with Gasteiger partial charge in [-0.25, -0.2) is 13.6 Å². The fourth-order valence-corrected chi connectivity index (χ4v) is 2.97. The Hall–Kier alpha value is -2.38. The van der Waals surface area contributed by atoms with Crippen molar-refractivity contribution in [2.75, 3.05) is 11.9 Å². The summed E-state index contributed by atoms with van der Waals surface area (Å²) in [6.45, 7) is 5.72. The first kappa shape index (κ1) is 18.0. The second-order valence-corrected chi connectivity index (χ2v) is 7.20. The van der Waals surface area contributed by atoms with Crippen LogP contribution in [0, 0.1) is 20.8 Å². The summed E-state index contributed by atoms with van der Waals surface area (Å²) in [6.07, 6.45) is 0. The van der Waals surface area contributed by atoms with E-state index in [0.717, 1.165) is 16.7 Å². The van der Waals surface area contributed by atoms with Gasteiger partial charge in [0.2, 0.25) is 10.0 Å². The second kappa shape index (κ2) is 7.02. The van der Waals surface area contributed by atoms with E-state index < -0.39 is 10.0 Å². The Labute approximate surface area is 141 Å². The van der Waals surface area contributed by atoms with E-state index in [1.807, 2.05) is 32.9 Å². The average Bonchev–Trinajstić information content (AvgIpc) is 2.45. The maximum Gasteiger partial charge on any atom is 0.262 e. The van der Waals surface area contributed by atoms with Crippen LogP contribution in [0.2, 0.25) is 0 Å². The molecule has 0 saturated heterocycles. The first-order valence-electron chi connectivity index (χ1n) is 7.30. The zero-order valence-electron chi connectivity index (χ0n) is 13.8. The minimum atomic E-state index is -3.74. The van der Waals surface area contributed by atoms with Crippen LogP contribution in [-0.4, -0.2) is 20.9 Å². The van der Waals surface area contributed by atoms with E-state index in [9.17, 15) is 13.2 Å². The number of sulfonamides is 1. The third kappa shape index (κ3) is 4.56.